The maximum atomic E-state index is 12.4. The largest absolute Gasteiger partial charge is 0.495 e. The van der Waals surface area contributed by atoms with Crippen LogP contribution in [0.2, 0.25) is 10.0 Å². The molecule has 1 aliphatic rings. The number of amides is 1. The number of halogens is 2. The number of aromatic nitrogens is 2. The number of sulfonamides is 1. The molecule has 4 rings (SSSR count). The highest BCUT2D eigenvalue weighted by Crippen LogP contribution is 2.40. The first-order valence-electron chi connectivity index (χ1n) is 11.5. The van der Waals surface area contributed by atoms with Crippen molar-refractivity contribution in [2.24, 2.45) is 0 Å². The maximum absolute atomic E-state index is 12.4. The normalized spacial score (nSPS) is 16.7. The van der Waals surface area contributed by atoms with Crippen molar-refractivity contribution in [2.45, 2.75) is 18.6 Å². The molecular formula is C25H27Cl2N5O5S. The van der Waals surface area contributed by atoms with Gasteiger partial charge in [0.1, 0.15) is 16.9 Å². The summed E-state index contributed by atoms with van der Waals surface area (Å²) in [5.41, 5.74) is 2.54. The SMILES string of the molecule is COc1cc(C(=O)N(C)C)c(Cl)cc1Nc1ncc(Cl)c(O[C@@H]2Cc3ccccc3[C@H]2N(C)S(C)(=O)=O)n1. The Bertz CT molecular complexity index is 1480. The van der Waals surface area contributed by atoms with E-state index < -0.39 is 22.2 Å². The van der Waals surface area contributed by atoms with Gasteiger partial charge in [-0.1, -0.05) is 47.5 Å². The number of nitrogens with zero attached hydrogens (tertiary/aromatic N) is 4. The molecule has 1 heterocycles. The van der Waals surface area contributed by atoms with Crippen molar-refractivity contribution in [2.75, 3.05) is 39.8 Å². The molecule has 2 aromatic carbocycles. The summed E-state index contributed by atoms with van der Waals surface area (Å²) in [7, 11) is 2.72. The van der Waals surface area contributed by atoms with Crippen LogP contribution in [0.4, 0.5) is 11.6 Å². The molecule has 2 atom stereocenters. The molecule has 1 aliphatic carbocycles. The average Bonchev–Trinajstić information content (AvgIpc) is 3.22. The fourth-order valence-electron chi connectivity index (χ4n) is 4.26. The molecule has 202 valence electrons. The van der Waals surface area contributed by atoms with E-state index in [9.17, 15) is 13.2 Å². The summed E-state index contributed by atoms with van der Waals surface area (Å²) in [6.45, 7) is 0. The molecule has 0 bridgehead atoms. The first-order valence-corrected chi connectivity index (χ1v) is 14.1. The number of nitrogens with one attached hydrogen (secondary N) is 1. The van der Waals surface area contributed by atoms with Gasteiger partial charge >= 0.3 is 0 Å². The monoisotopic (exact) mass is 579 g/mol. The molecule has 0 saturated heterocycles. The summed E-state index contributed by atoms with van der Waals surface area (Å²) in [6, 6.07) is 10.1. The molecule has 13 heteroatoms. The van der Waals surface area contributed by atoms with Crippen LogP contribution >= 0.6 is 23.2 Å². The number of likely N-dealkylation sites (N-methyl/N-ethyl adjacent to an activating group) is 1. The van der Waals surface area contributed by atoms with Crippen molar-refractivity contribution in [3.05, 3.63) is 69.3 Å². The van der Waals surface area contributed by atoms with Gasteiger partial charge < -0.3 is 19.7 Å². The van der Waals surface area contributed by atoms with E-state index in [-0.39, 0.29) is 33.3 Å². The van der Waals surface area contributed by atoms with Crippen LogP contribution in [0, 0.1) is 0 Å². The fourth-order valence-corrected chi connectivity index (χ4v) is 5.30. The molecule has 38 heavy (non-hydrogen) atoms. The topological polar surface area (TPSA) is 114 Å². The predicted molar refractivity (Wildman–Crippen MR) is 146 cm³/mol. The summed E-state index contributed by atoms with van der Waals surface area (Å²) in [6.07, 6.45) is 2.42. The minimum atomic E-state index is -3.52. The summed E-state index contributed by atoms with van der Waals surface area (Å²) in [5, 5.41) is 3.40. The smallest absolute Gasteiger partial charge is 0.254 e. The van der Waals surface area contributed by atoms with Gasteiger partial charge in [0.2, 0.25) is 21.9 Å². The first kappa shape index (κ1) is 27.9. The van der Waals surface area contributed by atoms with Gasteiger partial charge in [-0.15, -0.1) is 0 Å². The second kappa shape index (κ2) is 10.9. The number of rotatable bonds is 8. The van der Waals surface area contributed by atoms with Crippen molar-refractivity contribution in [3.8, 4) is 11.6 Å². The summed E-state index contributed by atoms with van der Waals surface area (Å²) in [4.78, 5) is 22.5. The predicted octanol–water partition coefficient (Wildman–Crippen LogP) is 4.17. The number of hydrogen-bond acceptors (Lipinski definition) is 8. The second-order valence-electron chi connectivity index (χ2n) is 8.99. The van der Waals surface area contributed by atoms with E-state index in [1.54, 1.807) is 20.2 Å². The average molecular weight is 580 g/mol. The van der Waals surface area contributed by atoms with Gasteiger partial charge in [0.15, 0.2) is 0 Å². The van der Waals surface area contributed by atoms with Crippen LogP contribution in [-0.2, 0) is 16.4 Å². The molecule has 1 aromatic heterocycles. The van der Waals surface area contributed by atoms with Gasteiger partial charge in [-0.25, -0.2) is 13.4 Å². The number of carbonyl (C=O) groups is 1. The summed E-state index contributed by atoms with van der Waals surface area (Å²) in [5.74, 6) is 0.290. The van der Waals surface area contributed by atoms with Crippen LogP contribution in [0.25, 0.3) is 0 Å². The van der Waals surface area contributed by atoms with Crippen molar-refractivity contribution >= 4 is 50.8 Å². The Morgan fingerprint density at radius 2 is 1.84 bits per heavy atom. The van der Waals surface area contributed by atoms with E-state index >= 15 is 0 Å². The number of hydrogen-bond donors (Lipinski definition) is 1. The number of carbonyl (C=O) groups excluding carboxylic acids is 1. The van der Waals surface area contributed by atoms with Crippen molar-refractivity contribution in [3.63, 3.8) is 0 Å². The van der Waals surface area contributed by atoms with Gasteiger partial charge in [-0.05, 0) is 23.3 Å². The highest BCUT2D eigenvalue weighted by molar-refractivity contribution is 7.88. The summed E-state index contributed by atoms with van der Waals surface area (Å²) < 4.78 is 37.8. The molecule has 0 aliphatic heterocycles. The number of benzene rings is 2. The van der Waals surface area contributed by atoms with Crippen LogP contribution in [0.15, 0.2) is 42.6 Å². The number of methoxy groups -OCH3 is 1. The lowest BCUT2D eigenvalue weighted by Gasteiger charge is -2.28. The lowest BCUT2D eigenvalue weighted by Crippen LogP contribution is -2.38. The number of anilines is 2. The third-order valence-electron chi connectivity index (χ3n) is 6.21. The molecule has 0 saturated carbocycles. The van der Waals surface area contributed by atoms with Crippen molar-refractivity contribution in [1.82, 2.24) is 19.2 Å². The minimum absolute atomic E-state index is 0.0818. The number of fused-ring (bicyclic) bond motifs is 1. The zero-order chi connectivity index (χ0) is 27.8. The van der Waals surface area contributed by atoms with E-state index in [2.05, 4.69) is 15.3 Å². The molecule has 0 spiro atoms. The van der Waals surface area contributed by atoms with Crippen LogP contribution in [0.5, 0.6) is 11.6 Å². The highest BCUT2D eigenvalue weighted by atomic mass is 35.5. The van der Waals surface area contributed by atoms with E-state index in [1.807, 2.05) is 24.3 Å². The van der Waals surface area contributed by atoms with Gasteiger partial charge in [0.25, 0.3) is 5.91 Å². The fraction of sp³-hybridized carbons (Fsp3) is 0.320. The second-order valence-corrected chi connectivity index (χ2v) is 11.8. The Labute approximate surface area is 231 Å². The van der Waals surface area contributed by atoms with Gasteiger partial charge in [-0.2, -0.15) is 9.29 Å². The van der Waals surface area contributed by atoms with E-state index in [0.717, 1.165) is 17.4 Å². The molecule has 0 radical (unpaired) electrons. The van der Waals surface area contributed by atoms with Crippen LogP contribution in [-0.4, -0.2) is 74.1 Å². The van der Waals surface area contributed by atoms with Gasteiger partial charge in [0.05, 0.1) is 41.9 Å². The highest BCUT2D eigenvalue weighted by Gasteiger charge is 2.40. The molecule has 0 fully saturated rings. The van der Waals surface area contributed by atoms with Crippen LogP contribution in [0.1, 0.15) is 27.5 Å². The quantitative estimate of drug-likeness (QED) is 0.423. The molecule has 1 N–H and O–H groups in total. The lowest BCUT2D eigenvalue weighted by atomic mass is 10.1. The third kappa shape index (κ3) is 5.65. The minimum Gasteiger partial charge on any atom is -0.495 e. The van der Waals surface area contributed by atoms with E-state index in [0.29, 0.717) is 17.9 Å². The van der Waals surface area contributed by atoms with Crippen LogP contribution in [0.3, 0.4) is 0 Å². The Kier molecular flexibility index (Phi) is 8.03. The van der Waals surface area contributed by atoms with Crippen LogP contribution < -0.4 is 14.8 Å². The molecule has 1 amide bonds. The Balaban J connectivity index is 1.64. The summed E-state index contributed by atoms with van der Waals surface area (Å²) >= 11 is 12.8. The van der Waals surface area contributed by atoms with Gasteiger partial charge in [0, 0.05) is 27.6 Å². The Morgan fingerprint density at radius 3 is 2.50 bits per heavy atom. The standard InChI is InChI=1S/C25H27Cl2N5O5S/c1-31(2)24(33)16-11-20(36-4)19(12-17(16)26)29-25-28-13-18(27)23(30-25)37-21-10-14-8-6-7-9-15(14)22(21)32(3)38(5,34)35/h6-9,11-13,21-22H,10H2,1-5H3,(H,28,29,30)/t21-,22-/m1/s1. The van der Waals surface area contributed by atoms with E-state index in [1.165, 1.54) is 35.6 Å². The molecular weight excluding hydrogens is 553 g/mol. The zero-order valence-electron chi connectivity index (χ0n) is 21.4. The lowest BCUT2D eigenvalue weighted by molar-refractivity contribution is 0.0827. The van der Waals surface area contributed by atoms with Gasteiger partial charge in [-0.3, -0.25) is 4.79 Å². The molecule has 0 unspecified atom stereocenters. The Hall–Kier alpha value is -3.12. The Morgan fingerprint density at radius 1 is 1.13 bits per heavy atom. The molecule has 3 aromatic rings. The van der Waals surface area contributed by atoms with Crippen molar-refractivity contribution < 1.29 is 22.7 Å². The number of ether oxygens (including phenoxy) is 2. The zero-order valence-corrected chi connectivity index (χ0v) is 23.7. The molecule has 10 nitrogen and oxygen atoms in total. The van der Waals surface area contributed by atoms with E-state index in [4.69, 9.17) is 32.7 Å². The first-order chi connectivity index (χ1) is 17.9. The maximum Gasteiger partial charge on any atom is 0.254 e. The third-order valence-corrected chi connectivity index (χ3v) is 8.05. The van der Waals surface area contributed by atoms with Crippen molar-refractivity contribution in [1.29, 1.82) is 0 Å².